The van der Waals surface area contributed by atoms with Crippen LogP contribution in [0.25, 0.3) is 0 Å². The highest BCUT2D eigenvalue weighted by molar-refractivity contribution is 5.95. The molecule has 4 rings (SSSR count). The number of hydrogen-bond acceptors (Lipinski definition) is 4. The molecule has 0 N–H and O–H groups in total. The zero-order valence-corrected chi connectivity index (χ0v) is 21.2. The predicted molar refractivity (Wildman–Crippen MR) is 137 cm³/mol. The van der Waals surface area contributed by atoms with Crippen LogP contribution in [-0.2, 0) is 17.7 Å². The van der Waals surface area contributed by atoms with Gasteiger partial charge in [0.15, 0.2) is 5.43 Å². The molecule has 0 spiro atoms. The third kappa shape index (κ3) is 5.22. The van der Waals surface area contributed by atoms with E-state index in [1.54, 1.807) is 13.2 Å². The number of benzene rings is 1. The van der Waals surface area contributed by atoms with Gasteiger partial charge in [-0.05, 0) is 44.7 Å². The van der Waals surface area contributed by atoms with Gasteiger partial charge >= 0.3 is 0 Å². The molecule has 0 radical (unpaired) electrons. The fraction of sp³-hybridized carbons (Fsp3) is 0.571. The molecular weight excluding hydrogens is 426 g/mol. The molecule has 1 aromatic carbocycles. The summed E-state index contributed by atoms with van der Waals surface area (Å²) in [6, 6.07) is 8.16. The summed E-state index contributed by atoms with van der Waals surface area (Å²) < 4.78 is 7.50. The van der Waals surface area contributed by atoms with Crippen LogP contribution in [0.2, 0.25) is 0 Å². The van der Waals surface area contributed by atoms with Crippen molar-refractivity contribution in [2.24, 2.45) is 5.92 Å². The van der Waals surface area contributed by atoms with Crippen LogP contribution in [0.5, 0.6) is 0 Å². The summed E-state index contributed by atoms with van der Waals surface area (Å²) >= 11 is 0. The Morgan fingerprint density at radius 2 is 1.74 bits per heavy atom. The van der Waals surface area contributed by atoms with Crippen molar-refractivity contribution in [3.8, 4) is 0 Å². The molecule has 1 aromatic heterocycles. The van der Waals surface area contributed by atoms with Crippen LogP contribution >= 0.6 is 0 Å². The molecular formula is C28H39N3O3. The fourth-order valence-corrected chi connectivity index (χ4v) is 5.72. The van der Waals surface area contributed by atoms with Gasteiger partial charge in [-0.3, -0.25) is 9.59 Å². The Morgan fingerprint density at radius 1 is 1.03 bits per heavy atom. The van der Waals surface area contributed by atoms with E-state index in [-0.39, 0.29) is 11.3 Å². The van der Waals surface area contributed by atoms with Crippen LogP contribution in [0.3, 0.4) is 0 Å². The van der Waals surface area contributed by atoms with E-state index < -0.39 is 0 Å². The van der Waals surface area contributed by atoms with Gasteiger partial charge in [0.1, 0.15) is 5.56 Å². The smallest absolute Gasteiger partial charge is 0.259 e. The van der Waals surface area contributed by atoms with Gasteiger partial charge in [0.2, 0.25) is 0 Å². The van der Waals surface area contributed by atoms with Crippen molar-refractivity contribution in [2.45, 2.75) is 59.4 Å². The number of carbonyl (C=O) groups excluding carboxylic acids is 1. The average Bonchev–Trinajstić information content (AvgIpc) is 3.32. The predicted octanol–water partition coefficient (Wildman–Crippen LogP) is 4.12. The van der Waals surface area contributed by atoms with Crippen LogP contribution in [0, 0.1) is 26.7 Å². The number of pyridine rings is 1. The van der Waals surface area contributed by atoms with Crippen LogP contribution < -0.4 is 10.3 Å². The van der Waals surface area contributed by atoms with E-state index >= 15 is 0 Å². The summed E-state index contributed by atoms with van der Waals surface area (Å²) in [7, 11) is 1.69. The highest BCUT2D eigenvalue weighted by Crippen LogP contribution is 2.30. The second kappa shape index (κ2) is 10.8. The monoisotopic (exact) mass is 465 g/mol. The van der Waals surface area contributed by atoms with Gasteiger partial charge in [-0.1, -0.05) is 43.4 Å². The van der Waals surface area contributed by atoms with E-state index in [2.05, 4.69) is 41.5 Å². The highest BCUT2D eigenvalue weighted by atomic mass is 16.5. The van der Waals surface area contributed by atoms with Gasteiger partial charge in [-0.2, -0.15) is 0 Å². The van der Waals surface area contributed by atoms with E-state index in [1.807, 2.05) is 11.8 Å². The quantitative estimate of drug-likeness (QED) is 0.617. The Kier molecular flexibility index (Phi) is 7.77. The number of ether oxygens (including phenoxy) is 1. The first-order valence-electron chi connectivity index (χ1n) is 12.7. The number of methoxy groups -OCH3 is 1. The molecule has 1 aliphatic heterocycles. The van der Waals surface area contributed by atoms with Crippen molar-refractivity contribution in [3.63, 3.8) is 0 Å². The van der Waals surface area contributed by atoms with Crippen molar-refractivity contribution in [2.75, 3.05) is 44.8 Å². The van der Waals surface area contributed by atoms with Crippen LogP contribution in [0.15, 0.2) is 29.1 Å². The Labute approximate surface area is 203 Å². The number of aryl methyl sites for hydroxylation is 3. The lowest BCUT2D eigenvalue weighted by Gasteiger charge is -2.37. The first-order valence-corrected chi connectivity index (χ1v) is 12.7. The lowest BCUT2D eigenvalue weighted by atomic mass is 9.96. The normalized spacial score (nSPS) is 16.9. The van der Waals surface area contributed by atoms with Crippen molar-refractivity contribution in [1.82, 2.24) is 9.47 Å². The Balaban J connectivity index is 1.59. The number of aromatic nitrogens is 1. The molecule has 2 aliphatic rings. The maximum Gasteiger partial charge on any atom is 0.259 e. The van der Waals surface area contributed by atoms with Gasteiger partial charge < -0.3 is 19.1 Å². The molecule has 34 heavy (non-hydrogen) atoms. The molecule has 1 saturated carbocycles. The van der Waals surface area contributed by atoms with Gasteiger partial charge in [-0.25, -0.2) is 0 Å². The molecule has 2 aromatic rings. The molecule has 6 nitrogen and oxygen atoms in total. The second-order valence-electron chi connectivity index (χ2n) is 10.0. The number of nitrogens with zero attached hydrogens (tertiary/aromatic N) is 3. The number of anilines is 1. The number of hydrogen-bond donors (Lipinski definition) is 0. The summed E-state index contributed by atoms with van der Waals surface area (Å²) in [5, 5.41) is 0. The van der Waals surface area contributed by atoms with Gasteiger partial charge in [0, 0.05) is 63.0 Å². The lowest BCUT2D eigenvalue weighted by molar-refractivity contribution is 0.0742. The molecule has 0 unspecified atom stereocenters. The highest BCUT2D eigenvalue weighted by Gasteiger charge is 2.29. The topological polar surface area (TPSA) is 54.8 Å². The summed E-state index contributed by atoms with van der Waals surface area (Å²) in [5.74, 6) is 0.437. The molecule has 0 bridgehead atoms. The van der Waals surface area contributed by atoms with Crippen molar-refractivity contribution < 1.29 is 9.53 Å². The molecule has 184 valence electrons. The minimum atomic E-state index is -0.138. The maximum absolute atomic E-state index is 13.8. The van der Waals surface area contributed by atoms with Gasteiger partial charge in [0.05, 0.1) is 6.61 Å². The fourth-order valence-electron chi connectivity index (χ4n) is 5.72. The third-order valence-electron chi connectivity index (χ3n) is 7.58. The van der Waals surface area contributed by atoms with Crippen molar-refractivity contribution in [3.05, 3.63) is 62.6 Å². The Bertz CT molecular complexity index is 1080. The van der Waals surface area contributed by atoms with Crippen LogP contribution in [-0.4, -0.2) is 55.3 Å². The number of rotatable bonds is 7. The van der Waals surface area contributed by atoms with Crippen LogP contribution in [0.1, 0.15) is 58.6 Å². The summed E-state index contributed by atoms with van der Waals surface area (Å²) in [6.07, 6.45) is 5.62. The molecule has 2 heterocycles. The Morgan fingerprint density at radius 3 is 2.38 bits per heavy atom. The van der Waals surface area contributed by atoms with E-state index in [4.69, 9.17) is 4.74 Å². The average molecular weight is 466 g/mol. The standard InChI is InChI=1S/C28H39N3O3/c1-20-9-10-24(21(2)17-20)29-11-13-30(14-12-29)28(33)27-25(19-23-7-5-6-8-23)31(15-16-34-4)22(3)18-26(27)32/h9-10,17-18,23H,5-8,11-16,19H2,1-4H3. The van der Waals surface area contributed by atoms with Crippen molar-refractivity contribution >= 4 is 11.6 Å². The zero-order valence-electron chi connectivity index (χ0n) is 21.2. The molecule has 0 atom stereocenters. The number of carbonyl (C=O) groups is 1. The second-order valence-corrected chi connectivity index (χ2v) is 10.0. The minimum absolute atomic E-state index is 0.107. The lowest BCUT2D eigenvalue weighted by Crippen LogP contribution is -2.50. The molecule has 1 saturated heterocycles. The van der Waals surface area contributed by atoms with Crippen molar-refractivity contribution in [1.29, 1.82) is 0 Å². The zero-order chi connectivity index (χ0) is 24.2. The largest absolute Gasteiger partial charge is 0.383 e. The molecule has 6 heteroatoms. The summed E-state index contributed by atoms with van der Waals surface area (Å²) in [4.78, 5) is 31.2. The summed E-state index contributed by atoms with van der Waals surface area (Å²) in [6.45, 7) is 10.2. The van der Waals surface area contributed by atoms with E-state index in [9.17, 15) is 9.59 Å². The number of amides is 1. The van der Waals surface area contributed by atoms with Gasteiger partial charge in [-0.15, -0.1) is 0 Å². The molecule has 2 fully saturated rings. The SMILES string of the molecule is COCCn1c(C)cc(=O)c(C(=O)N2CCN(c3ccc(C)cc3C)CC2)c1CC1CCCC1. The van der Waals surface area contributed by atoms with E-state index in [1.165, 1.54) is 42.5 Å². The van der Waals surface area contributed by atoms with E-state index in [0.717, 1.165) is 30.9 Å². The van der Waals surface area contributed by atoms with Gasteiger partial charge in [0.25, 0.3) is 5.91 Å². The van der Waals surface area contributed by atoms with E-state index in [0.29, 0.717) is 37.7 Å². The molecule has 1 amide bonds. The summed E-state index contributed by atoms with van der Waals surface area (Å²) in [5.41, 5.74) is 5.82. The first-order chi connectivity index (χ1) is 16.4. The first kappa shape index (κ1) is 24.5. The third-order valence-corrected chi connectivity index (χ3v) is 7.58. The minimum Gasteiger partial charge on any atom is -0.383 e. The maximum atomic E-state index is 13.8. The Hall–Kier alpha value is -2.60. The molecule has 1 aliphatic carbocycles. The number of piperazine rings is 1. The van der Waals surface area contributed by atoms with Crippen LogP contribution in [0.4, 0.5) is 5.69 Å².